The smallest absolute Gasteiger partial charge is 0.269 e. The van der Waals surface area contributed by atoms with Crippen molar-refractivity contribution in [2.24, 2.45) is 0 Å². The van der Waals surface area contributed by atoms with Crippen LogP contribution in [0.5, 0.6) is 0 Å². The maximum Gasteiger partial charge on any atom is 0.269 e. The van der Waals surface area contributed by atoms with E-state index in [2.05, 4.69) is 26.8 Å². The Morgan fingerprint density at radius 1 is 1.27 bits per heavy atom. The minimum Gasteiger partial charge on any atom is -0.274 e. The second-order valence-corrected chi connectivity index (χ2v) is 3.90. The summed E-state index contributed by atoms with van der Waals surface area (Å²) in [5.41, 5.74) is 5.90. The third-order valence-electron chi connectivity index (χ3n) is 1.86. The average molecular weight is 271 g/mol. The largest absolute Gasteiger partial charge is 0.274 e. The molecular formula is C10H11BrN2O2. The van der Waals surface area contributed by atoms with Crippen LogP contribution in [-0.2, 0) is 4.79 Å². The molecule has 0 aliphatic heterocycles. The lowest BCUT2D eigenvalue weighted by Gasteiger charge is -2.08. The Hall–Kier alpha value is -1.36. The number of carbonyl (C=O) groups excluding carboxylic acids is 2. The molecule has 0 unspecified atom stereocenters. The zero-order valence-electron chi connectivity index (χ0n) is 8.43. The molecule has 15 heavy (non-hydrogen) atoms. The fraction of sp³-hybridized carbons (Fsp3) is 0.200. The number of carbonyl (C=O) groups is 2. The molecule has 0 aliphatic rings. The molecule has 1 aromatic carbocycles. The lowest BCUT2D eigenvalue weighted by atomic mass is 10.1. The van der Waals surface area contributed by atoms with E-state index in [9.17, 15) is 9.59 Å². The first-order chi connectivity index (χ1) is 7.02. The first kappa shape index (κ1) is 11.7. The van der Waals surface area contributed by atoms with Crippen LogP contribution in [0.3, 0.4) is 0 Å². The fourth-order valence-electron chi connectivity index (χ4n) is 1.07. The zero-order chi connectivity index (χ0) is 11.4. The van der Waals surface area contributed by atoms with Crippen molar-refractivity contribution in [3.8, 4) is 0 Å². The van der Waals surface area contributed by atoms with Gasteiger partial charge in [0.15, 0.2) is 0 Å². The van der Waals surface area contributed by atoms with E-state index >= 15 is 0 Å². The van der Waals surface area contributed by atoms with Crippen molar-refractivity contribution >= 4 is 27.7 Å². The van der Waals surface area contributed by atoms with E-state index in [4.69, 9.17) is 0 Å². The normalized spacial score (nSPS) is 9.53. The summed E-state index contributed by atoms with van der Waals surface area (Å²) in [7, 11) is 0. The highest BCUT2D eigenvalue weighted by molar-refractivity contribution is 9.10. The molecule has 0 aromatic heterocycles. The number of hydrogen-bond acceptors (Lipinski definition) is 2. The third kappa shape index (κ3) is 3.06. The molecule has 4 nitrogen and oxygen atoms in total. The highest BCUT2D eigenvalue weighted by atomic mass is 79.9. The van der Waals surface area contributed by atoms with Gasteiger partial charge in [-0.15, -0.1) is 0 Å². The summed E-state index contributed by atoms with van der Waals surface area (Å²) in [6.45, 7) is 3.15. The van der Waals surface area contributed by atoms with Crippen molar-refractivity contribution in [2.45, 2.75) is 13.8 Å². The number of amides is 2. The molecule has 0 saturated carbocycles. The number of nitrogens with one attached hydrogen (secondary N) is 2. The number of hydrazine groups is 1. The first-order valence-corrected chi connectivity index (χ1v) is 5.13. The Kier molecular flexibility index (Phi) is 3.85. The van der Waals surface area contributed by atoms with E-state index in [1.165, 1.54) is 6.92 Å². The topological polar surface area (TPSA) is 58.2 Å². The Balaban J connectivity index is 2.82. The summed E-state index contributed by atoms with van der Waals surface area (Å²) in [6, 6.07) is 5.31. The second kappa shape index (κ2) is 4.93. The molecule has 0 saturated heterocycles. The van der Waals surface area contributed by atoms with Crippen LogP contribution in [0.4, 0.5) is 0 Å². The highest BCUT2D eigenvalue weighted by Crippen LogP contribution is 2.18. The summed E-state index contributed by atoms with van der Waals surface area (Å²) in [5, 5.41) is 0. The van der Waals surface area contributed by atoms with Gasteiger partial charge in [-0.2, -0.15) is 0 Å². The molecule has 0 fully saturated rings. The summed E-state index contributed by atoms with van der Waals surface area (Å²) < 4.78 is 0.859. The van der Waals surface area contributed by atoms with Gasteiger partial charge < -0.3 is 0 Å². The molecule has 0 heterocycles. The molecule has 2 N–H and O–H groups in total. The van der Waals surface area contributed by atoms with E-state index in [1.807, 2.05) is 13.0 Å². The number of hydrogen-bond donors (Lipinski definition) is 2. The van der Waals surface area contributed by atoms with Crippen molar-refractivity contribution in [3.63, 3.8) is 0 Å². The van der Waals surface area contributed by atoms with Gasteiger partial charge in [-0.05, 0) is 24.6 Å². The summed E-state index contributed by atoms with van der Waals surface area (Å²) in [4.78, 5) is 22.2. The Morgan fingerprint density at radius 2 is 1.93 bits per heavy atom. The molecule has 5 heteroatoms. The van der Waals surface area contributed by atoms with E-state index in [-0.39, 0.29) is 11.8 Å². The van der Waals surface area contributed by atoms with Crippen molar-refractivity contribution < 1.29 is 9.59 Å². The molecule has 0 atom stereocenters. The zero-order valence-corrected chi connectivity index (χ0v) is 10.0. The number of benzene rings is 1. The predicted molar refractivity (Wildman–Crippen MR) is 60.2 cm³/mol. The summed E-state index contributed by atoms with van der Waals surface area (Å²) >= 11 is 3.33. The average Bonchev–Trinajstić information content (AvgIpc) is 2.18. The second-order valence-electron chi connectivity index (χ2n) is 3.05. The lowest BCUT2D eigenvalue weighted by molar-refractivity contribution is -0.119. The van der Waals surface area contributed by atoms with E-state index < -0.39 is 0 Å². The third-order valence-corrected chi connectivity index (χ3v) is 2.72. The van der Waals surface area contributed by atoms with Gasteiger partial charge in [-0.1, -0.05) is 22.0 Å². The standard InChI is InChI=1S/C10H11BrN2O2/c1-6-8(4-3-5-9(6)11)10(15)13-12-7(2)14/h3-5H,1-2H3,(H,12,14)(H,13,15). The first-order valence-electron chi connectivity index (χ1n) is 4.34. The van der Waals surface area contributed by atoms with Gasteiger partial charge in [0.2, 0.25) is 5.91 Å². The maximum absolute atomic E-state index is 11.6. The molecule has 1 rings (SSSR count). The fourth-order valence-corrected chi connectivity index (χ4v) is 1.43. The predicted octanol–water partition coefficient (Wildman–Crippen LogP) is 1.54. The summed E-state index contributed by atoms with van der Waals surface area (Å²) in [6.07, 6.45) is 0. The van der Waals surface area contributed by atoms with Crippen LogP contribution in [0, 0.1) is 6.92 Å². The molecule has 0 bridgehead atoms. The molecular weight excluding hydrogens is 260 g/mol. The van der Waals surface area contributed by atoms with E-state index in [1.54, 1.807) is 12.1 Å². The minimum atomic E-state index is -0.330. The van der Waals surface area contributed by atoms with E-state index in [0.717, 1.165) is 10.0 Å². The SMILES string of the molecule is CC(=O)NNC(=O)c1cccc(Br)c1C. The van der Waals surface area contributed by atoms with Crippen LogP contribution in [0.2, 0.25) is 0 Å². The quantitative estimate of drug-likeness (QED) is 0.761. The molecule has 2 amide bonds. The van der Waals surface area contributed by atoms with Gasteiger partial charge in [-0.3, -0.25) is 20.4 Å². The van der Waals surface area contributed by atoms with Gasteiger partial charge in [0.1, 0.15) is 0 Å². The lowest BCUT2D eigenvalue weighted by Crippen LogP contribution is -2.40. The van der Waals surface area contributed by atoms with Crippen LogP contribution < -0.4 is 10.9 Å². The van der Waals surface area contributed by atoms with Crippen LogP contribution in [-0.4, -0.2) is 11.8 Å². The summed E-state index contributed by atoms with van der Waals surface area (Å²) in [5.74, 6) is -0.639. The van der Waals surface area contributed by atoms with Gasteiger partial charge in [0.05, 0.1) is 0 Å². The van der Waals surface area contributed by atoms with Crippen molar-refractivity contribution in [2.75, 3.05) is 0 Å². The van der Waals surface area contributed by atoms with Crippen LogP contribution in [0.25, 0.3) is 0 Å². The number of rotatable bonds is 1. The van der Waals surface area contributed by atoms with Gasteiger partial charge >= 0.3 is 0 Å². The van der Waals surface area contributed by atoms with Crippen molar-refractivity contribution in [1.29, 1.82) is 0 Å². The Bertz CT molecular complexity index is 404. The highest BCUT2D eigenvalue weighted by Gasteiger charge is 2.10. The monoisotopic (exact) mass is 270 g/mol. The van der Waals surface area contributed by atoms with Crippen LogP contribution >= 0.6 is 15.9 Å². The van der Waals surface area contributed by atoms with Crippen LogP contribution in [0.1, 0.15) is 22.8 Å². The minimum absolute atomic E-state index is 0.309. The molecule has 0 radical (unpaired) electrons. The molecule has 0 spiro atoms. The van der Waals surface area contributed by atoms with Crippen molar-refractivity contribution in [3.05, 3.63) is 33.8 Å². The molecule has 0 aliphatic carbocycles. The van der Waals surface area contributed by atoms with E-state index in [0.29, 0.717) is 5.56 Å². The molecule has 1 aromatic rings. The van der Waals surface area contributed by atoms with Crippen LogP contribution in [0.15, 0.2) is 22.7 Å². The number of halogens is 1. The van der Waals surface area contributed by atoms with Crippen molar-refractivity contribution in [1.82, 2.24) is 10.9 Å². The molecule has 80 valence electrons. The van der Waals surface area contributed by atoms with Gasteiger partial charge in [-0.25, -0.2) is 0 Å². The maximum atomic E-state index is 11.6. The van der Waals surface area contributed by atoms with Gasteiger partial charge in [0, 0.05) is 17.0 Å². The Morgan fingerprint density at radius 3 is 2.53 bits per heavy atom. The Labute approximate surface area is 96.2 Å². The van der Waals surface area contributed by atoms with Gasteiger partial charge in [0.25, 0.3) is 5.91 Å².